The largest absolute Gasteiger partial charge is 0.454 e. The minimum Gasteiger partial charge on any atom is -0.454 e. The molecule has 3 aliphatic rings. The lowest BCUT2D eigenvalue weighted by Crippen LogP contribution is -2.17. The van der Waals surface area contributed by atoms with Crippen molar-refractivity contribution in [2.45, 2.75) is 32.0 Å². The number of allylic oxidation sites excluding steroid dienone is 1. The molecular formula is C15H18O3. The van der Waals surface area contributed by atoms with Gasteiger partial charge in [0, 0.05) is 11.5 Å². The summed E-state index contributed by atoms with van der Waals surface area (Å²) in [7, 11) is 0. The molecule has 0 aromatic heterocycles. The van der Waals surface area contributed by atoms with Gasteiger partial charge in [-0.25, -0.2) is 4.79 Å². The van der Waals surface area contributed by atoms with Crippen LogP contribution in [0.2, 0.25) is 0 Å². The fourth-order valence-corrected chi connectivity index (χ4v) is 3.59. The molecule has 3 rings (SSSR count). The Labute approximate surface area is 107 Å². The summed E-state index contributed by atoms with van der Waals surface area (Å²) in [5.74, 6) is 0.350. The number of aliphatic hydroxyl groups is 1. The summed E-state index contributed by atoms with van der Waals surface area (Å²) in [6.45, 7) is 9.93. The number of carbonyl (C=O) groups is 1. The van der Waals surface area contributed by atoms with Crippen LogP contribution in [0.3, 0.4) is 0 Å². The van der Waals surface area contributed by atoms with Crippen LogP contribution < -0.4 is 0 Å². The zero-order valence-corrected chi connectivity index (χ0v) is 10.6. The van der Waals surface area contributed by atoms with Gasteiger partial charge >= 0.3 is 5.97 Å². The van der Waals surface area contributed by atoms with Gasteiger partial charge in [-0.2, -0.15) is 0 Å². The van der Waals surface area contributed by atoms with Gasteiger partial charge in [0.2, 0.25) is 0 Å². The number of carbonyl (C=O) groups excluding carboxylic acids is 1. The molecule has 1 saturated heterocycles. The van der Waals surface area contributed by atoms with Gasteiger partial charge in [-0.05, 0) is 43.3 Å². The van der Waals surface area contributed by atoms with Crippen LogP contribution in [0.5, 0.6) is 0 Å². The van der Waals surface area contributed by atoms with Gasteiger partial charge in [-0.3, -0.25) is 0 Å². The summed E-state index contributed by atoms with van der Waals surface area (Å²) in [5.41, 5.74) is 2.67. The van der Waals surface area contributed by atoms with Gasteiger partial charge in [0.1, 0.15) is 6.10 Å². The Morgan fingerprint density at radius 2 is 2.00 bits per heavy atom. The van der Waals surface area contributed by atoms with Crippen molar-refractivity contribution in [3.8, 4) is 0 Å². The maximum atomic E-state index is 11.6. The van der Waals surface area contributed by atoms with Gasteiger partial charge in [0.15, 0.2) is 0 Å². The van der Waals surface area contributed by atoms with Crippen molar-refractivity contribution in [3.63, 3.8) is 0 Å². The van der Waals surface area contributed by atoms with Gasteiger partial charge in [-0.15, -0.1) is 0 Å². The lowest BCUT2D eigenvalue weighted by molar-refractivity contribution is -0.137. The Hall–Kier alpha value is -1.35. The van der Waals surface area contributed by atoms with Crippen molar-refractivity contribution >= 4 is 5.97 Å². The minimum absolute atomic E-state index is 0.0458. The molecule has 2 aliphatic carbocycles. The van der Waals surface area contributed by atoms with Crippen LogP contribution in [-0.4, -0.2) is 23.3 Å². The third kappa shape index (κ3) is 1.50. The van der Waals surface area contributed by atoms with Crippen LogP contribution in [0.15, 0.2) is 36.0 Å². The Morgan fingerprint density at radius 1 is 1.28 bits per heavy atom. The smallest absolute Gasteiger partial charge is 0.334 e. The van der Waals surface area contributed by atoms with Crippen LogP contribution in [-0.2, 0) is 9.53 Å². The van der Waals surface area contributed by atoms with E-state index < -0.39 is 6.10 Å². The van der Waals surface area contributed by atoms with Gasteiger partial charge in [-0.1, -0.05) is 18.7 Å². The third-order valence-corrected chi connectivity index (χ3v) is 4.74. The summed E-state index contributed by atoms with van der Waals surface area (Å²) >= 11 is 0. The predicted octanol–water partition coefficient (Wildman–Crippen LogP) is 1.99. The molecule has 2 fully saturated rings. The quantitative estimate of drug-likeness (QED) is 0.404. The average Bonchev–Trinajstić information content (AvgIpc) is 2.68. The number of ether oxygens (including phenoxy) is 1. The molecule has 0 amide bonds. The van der Waals surface area contributed by atoms with E-state index in [0.717, 1.165) is 18.4 Å². The molecule has 0 bridgehead atoms. The fraction of sp³-hybridized carbons (Fsp3) is 0.533. The molecule has 96 valence electrons. The maximum Gasteiger partial charge on any atom is 0.334 e. The molecule has 1 aliphatic heterocycles. The van der Waals surface area contributed by atoms with Gasteiger partial charge in [0.25, 0.3) is 0 Å². The monoisotopic (exact) mass is 246 g/mol. The summed E-state index contributed by atoms with van der Waals surface area (Å²) < 4.78 is 5.35. The molecule has 3 nitrogen and oxygen atoms in total. The van der Waals surface area contributed by atoms with Crippen LogP contribution in [0.25, 0.3) is 0 Å². The van der Waals surface area contributed by atoms with Crippen LogP contribution in [0, 0.1) is 17.8 Å². The van der Waals surface area contributed by atoms with E-state index in [9.17, 15) is 9.90 Å². The van der Waals surface area contributed by atoms with E-state index in [-0.39, 0.29) is 23.9 Å². The van der Waals surface area contributed by atoms with E-state index in [1.807, 2.05) is 6.08 Å². The number of hydrogen-bond donors (Lipinski definition) is 1. The first-order chi connectivity index (χ1) is 8.49. The zero-order valence-electron chi connectivity index (χ0n) is 10.6. The Morgan fingerprint density at radius 3 is 2.72 bits per heavy atom. The number of hydrogen-bond acceptors (Lipinski definition) is 3. The SMILES string of the molecule is C=C1[C@H]2C[C@H]3C(=C)C(=O)O[C@H]3C=C(C)[C@H]2C[C@@H]1O. The van der Waals surface area contributed by atoms with Crippen molar-refractivity contribution in [1.82, 2.24) is 0 Å². The second kappa shape index (κ2) is 3.82. The topological polar surface area (TPSA) is 46.5 Å². The molecule has 0 spiro atoms. The van der Waals surface area contributed by atoms with Crippen molar-refractivity contribution in [1.29, 1.82) is 0 Å². The first kappa shape index (κ1) is 11.7. The number of aliphatic hydroxyl groups excluding tert-OH is 1. The fourth-order valence-electron chi connectivity index (χ4n) is 3.59. The van der Waals surface area contributed by atoms with Gasteiger partial charge < -0.3 is 9.84 Å². The molecule has 0 radical (unpaired) electrons. The lowest BCUT2D eigenvalue weighted by Gasteiger charge is -2.20. The lowest BCUT2D eigenvalue weighted by atomic mass is 9.82. The minimum atomic E-state index is -0.411. The standard InChI is InChI=1S/C15H18O3/c1-7-4-14-12(9(3)15(17)18-14)5-11-8(2)13(16)6-10(7)11/h4,10-14,16H,2-3,5-6H2,1H3/t10-,11-,12+,13+,14+/m1/s1. The van der Waals surface area contributed by atoms with Crippen LogP contribution >= 0.6 is 0 Å². The summed E-state index contributed by atoms with van der Waals surface area (Å²) in [5, 5.41) is 9.95. The van der Waals surface area contributed by atoms with E-state index in [2.05, 4.69) is 20.1 Å². The molecule has 0 aromatic carbocycles. The Bertz CT molecular complexity index is 474. The summed E-state index contributed by atoms with van der Waals surface area (Å²) in [6.07, 6.45) is 3.01. The summed E-state index contributed by atoms with van der Waals surface area (Å²) in [4.78, 5) is 11.6. The Balaban J connectivity index is 1.98. The van der Waals surface area contributed by atoms with Crippen molar-refractivity contribution in [3.05, 3.63) is 36.0 Å². The average molecular weight is 246 g/mol. The third-order valence-electron chi connectivity index (χ3n) is 4.74. The second-order valence-corrected chi connectivity index (χ2v) is 5.69. The normalized spacial score (nSPS) is 43.1. The number of rotatable bonds is 0. The maximum absolute atomic E-state index is 11.6. The zero-order chi connectivity index (χ0) is 13.0. The second-order valence-electron chi connectivity index (χ2n) is 5.69. The molecule has 1 saturated carbocycles. The molecule has 1 heterocycles. The van der Waals surface area contributed by atoms with E-state index in [1.165, 1.54) is 5.57 Å². The molecule has 0 unspecified atom stereocenters. The van der Waals surface area contributed by atoms with E-state index in [0.29, 0.717) is 11.5 Å². The molecule has 1 N–H and O–H groups in total. The Kier molecular flexibility index (Phi) is 2.49. The predicted molar refractivity (Wildman–Crippen MR) is 67.6 cm³/mol. The summed E-state index contributed by atoms with van der Waals surface area (Å²) in [6, 6.07) is 0. The van der Waals surface area contributed by atoms with Crippen molar-refractivity contribution < 1.29 is 14.6 Å². The molecular weight excluding hydrogens is 228 g/mol. The van der Waals surface area contributed by atoms with E-state index >= 15 is 0 Å². The van der Waals surface area contributed by atoms with Crippen molar-refractivity contribution in [2.75, 3.05) is 0 Å². The highest BCUT2D eigenvalue weighted by atomic mass is 16.5. The van der Waals surface area contributed by atoms with Crippen molar-refractivity contribution in [2.24, 2.45) is 17.8 Å². The van der Waals surface area contributed by atoms with Crippen LogP contribution in [0.4, 0.5) is 0 Å². The highest BCUT2D eigenvalue weighted by molar-refractivity contribution is 5.91. The molecule has 18 heavy (non-hydrogen) atoms. The highest BCUT2D eigenvalue weighted by Gasteiger charge is 2.46. The molecule has 3 heteroatoms. The first-order valence-electron chi connectivity index (χ1n) is 6.44. The first-order valence-corrected chi connectivity index (χ1v) is 6.44. The van der Waals surface area contributed by atoms with Gasteiger partial charge in [0.05, 0.1) is 6.10 Å². The van der Waals surface area contributed by atoms with E-state index in [4.69, 9.17) is 4.74 Å². The highest BCUT2D eigenvalue weighted by Crippen LogP contribution is 2.49. The molecule has 0 aromatic rings. The van der Waals surface area contributed by atoms with Crippen LogP contribution in [0.1, 0.15) is 19.8 Å². The number of fused-ring (bicyclic) bond motifs is 2. The van der Waals surface area contributed by atoms with E-state index in [1.54, 1.807) is 0 Å². The molecule has 5 atom stereocenters. The number of esters is 1.